The number of amides is 1. The smallest absolute Gasteiger partial charge is 0.303 e. The Hall–Kier alpha value is -0.900. The molecule has 1 saturated heterocycles. The number of esters is 3. The van der Waals surface area contributed by atoms with E-state index in [-0.39, 0.29) is 5.75 Å². The quantitative estimate of drug-likeness (QED) is 0.400. The number of halogens is 3. The highest BCUT2D eigenvalue weighted by Crippen LogP contribution is 2.33. The number of nitrogens with one attached hydrogen (secondary N) is 1. The molecule has 4 atom stereocenters. The zero-order valence-corrected chi connectivity index (χ0v) is 16.5. The number of hydrogen-bond acceptors (Lipinski definition) is 8. The molecule has 1 N–H and O–H groups in total. The normalized spacial score (nSPS) is 26.3. The molecule has 142 valence electrons. The summed E-state index contributed by atoms with van der Waals surface area (Å²) < 4.78 is 13.2. The molecule has 1 rings (SSSR count). The third-order valence-electron chi connectivity index (χ3n) is 2.88. The van der Waals surface area contributed by atoms with E-state index in [1.165, 1.54) is 6.92 Å². The van der Waals surface area contributed by atoms with Crippen molar-refractivity contribution in [3.8, 4) is 0 Å². The molecule has 0 aromatic carbocycles. The second-order valence-corrected chi connectivity index (χ2v) is 8.48. The van der Waals surface area contributed by atoms with Crippen molar-refractivity contribution in [1.29, 1.82) is 0 Å². The molecule has 0 aliphatic carbocycles. The Bertz CT molecular complexity index is 554. The number of carbonyl (C=O) groups excluding carboxylic acids is 4. The van der Waals surface area contributed by atoms with Gasteiger partial charge in [0.05, 0.1) is 0 Å². The molecule has 0 spiro atoms. The molecule has 0 aromatic heterocycles. The van der Waals surface area contributed by atoms with Crippen LogP contribution >= 0.6 is 46.6 Å². The van der Waals surface area contributed by atoms with E-state index < -0.39 is 51.3 Å². The van der Waals surface area contributed by atoms with Gasteiger partial charge < -0.3 is 19.5 Å². The van der Waals surface area contributed by atoms with Crippen LogP contribution in [0.4, 0.5) is 0 Å². The lowest BCUT2D eigenvalue weighted by Gasteiger charge is -2.40. The first-order valence-electron chi connectivity index (χ1n) is 6.92. The monoisotopic (exact) mass is 435 g/mol. The van der Waals surface area contributed by atoms with E-state index in [0.717, 1.165) is 25.6 Å². The largest absolute Gasteiger partial charge is 0.458 e. The number of thioether (sulfide) groups is 1. The summed E-state index contributed by atoms with van der Waals surface area (Å²) >= 11 is 17.6. The van der Waals surface area contributed by atoms with Gasteiger partial charge in [-0.1, -0.05) is 34.8 Å². The topological polar surface area (TPSA) is 108 Å². The summed E-state index contributed by atoms with van der Waals surface area (Å²) in [6, 6.07) is 0. The van der Waals surface area contributed by atoms with Crippen molar-refractivity contribution in [2.75, 3.05) is 5.75 Å². The van der Waals surface area contributed by atoms with Crippen LogP contribution in [0.15, 0.2) is 0 Å². The minimum atomic E-state index is -2.23. The third-order valence-corrected chi connectivity index (χ3v) is 4.66. The standard InChI is InChI=1S/C13H16Cl3NO7S/c1-5(18)22-8-4-25-11(17-12(21)13(14,15)16)10(24-7(3)20)9(8)23-6(2)19/h8-11H,4H2,1-3H3,(H,17,21)/t8-,9+,10-,11+/m1/s1. The molecule has 0 unspecified atom stereocenters. The van der Waals surface area contributed by atoms with Crippen LogP contribution in [-0.4, -0.2) is 57.0 Å². The SMILES string of the molecule is CC(=O)O[C@@H]1[C@@H](OC(C)=O)[C@@H](NC(=O)C(Cl)(Cl)Cl)SC[C@H]1OC(C)=O. The summed E-state index contributed by atoms with van der Waals surface area (Å²) in [6.07, 6.45) is -3.16. The summed E-state index contributed by atoms with van der Waals surface area (Å²) in [5.41, 5.74) is 0. The Kier molecular flexibility index (Phi) is 8.11. The van der Waals surface area contributed by atoms with Crippen molar-refractivity contribution in [2.24, 2.45) is 0 Å². The summed E-state index contributed by atoms with van der Waals surface area (Å²) in [7, 11) is 0. The predicted octanol–water partition coefficient (Wildman–Crippen LogP) is 1.34. The molecule has 8 nitrogen and oxygen atoms in total. The Morgan fingerprint density at radius 2 is 1.40 bits per heavy atom. The van der Waals surface area contributed by atoms with Gasteiger partial charge in [0.25, 0.3) is 9.70 Å². The third kappa shape index (κ3) is 7.08. The maximum Gasteiger partial charge on any atom is 0.303 e. The van der Waals surface area contributed by atoms with Gasteiger partial charge in [-0.25, -0.2) is 0 Å². The maximum absolute atomic E-state index is 11.9. The first-order chi connectivity index (χ1) is 11.4. The van der Waals surface area contributed by atoms with Gasteiger partial charge in [-0.15, -0.1) is 11.8 Å². The zero-order valence-electron chi connectivity index (χ0n) is 13.4. The van der Waals surface area contributed by atoms with E-state index >= 15 is 0 Å². The van der Waals surface area contributed by atoms with Gasteiger partial charge in [0.15, 0.2) is 18.3 Å². The van der Waals surface area contributed by atoms with Crippen molar-refractivity contribution < 1.29 is 33.4 Å². The second-order valence-electron chi connectivity index (χ2n) is 5.02. The van der Waals surface area contributed by atoms with Crippen LogP contribution < -0.4 is 5.32 Å². The van der Waals surface area contributed by atoms with Gasteiger partial charge in [0.1, 0.15) is 5.37 Å². The van der Waals surface area contributed by atoms with E-state index in [4.69, 9.17) is 49.0 Å². The molecule has 0 aromatic rings. The van der Waals surface area contributed by atoms with Crippen molar-refractivity contribution in [3.05, 3.63) is 0 Å². The van der Waals surface area contributed by atoms with Gasteiger partial charge in [-0.3, -0.25) is 19.2 Å². The molecule has 0 radical (unpaired) electrons. The van der Waals surface area contributed by atoms with Crippen LogP contribution in [-0.2, 0) is 33.4 Å². The summed E-state index contributed by atoms with van der Waals surface area (Å²) in [5, 5.41) is 1.52. The number of alkyl halides is 3. The Labute approximate surface area is 163 Å². The van der Waals surface area contributed by atoms with Crippen molar-refractivity contribution in [2.45, 2.75) is 48.2 Å². The first-order valence-corrected chi connectivity index (χ1v) is 9.11. The lowest BCUT2D eigenvalue weighted by Crippen LogP contribution is -2.59. The Balaban J connectivity index is 3.09. The number of rotatable bonds is 4. The molecule has 1 fully saturated rings. The summed E-state index contributed by atoms with van der Waals surface area (Å²) in [5.74, 6) is -2.77. The van der Waals surface area contributed by atoms with E-state index in [2.05, 4.69) is 5.32 Å². The van der Waals surface area contributed by atoms with Crippen LogP contribution in [0, 0.1) is 0 Å². The molecule has 1 aliphatic heterocycles. The van der Waals surface area contributed by atoms with E-state index in [1.807, 2.05) is 0 Å². The second kappa shape index (κ2) is 9.16. The van der Waals surface area contributed by atoms with E-state index in [0.29, 0.717) is 0 Å². The molecule has 12 heteroatoms. The average molecular weight is 437 g/mol. The van der Waals surface area contributed by atoms with E-state index in [1.54, 1.807) is 0 Å². The maximum atomic E-state index is 11.9. The zero-order chi connectivity index (χ0) is 19.4. The minimum absolute atomic E-state index is 0.153. The van der Waals surface area contributed by atoms with Crippen molar-refractivity contribution >= 4 is 70.4 Å². The fourth-order valence-electron chi connectivity index (χ4n) is 2.08. The Morgan fingerprint density at radius 1 is 0.920 bits per heavy atom. The van der Waals surface area contributed by atoms with Gasteiger partial charge >= 0.3 is 17.9 Å². The fourth-order valence-corrected chi connectivity index (χ4v) is 3.49. The summed E-state index contributed by atoms with van der Waals surface area (Å²) in [4.78, 5) is 46.0. The van der Waals surface area contributed by atoms with Gasteiger partial charge in [0.2, 0.25) is 0 Å². The van der Waals surface area contributed by atoms with Crippen LogP contribution in [0.3, 0.4) is 0 Å². The minimum Gasteiger partial charge on any atom is -0.458 e. The highest BCUT2D eigenvalue weighted by molar-refractivity contribution is 8.00. The molecule has 25 heavy (non-hydrogen) atoms. The lowest BCUT2D eigenvalue weighted by molar-refractivity contribution is -0.182. The molecular weight excluding hydrogens is 421 g/mol. The number of hydrogen-bond donors (Lipinski definition) is 1. The van der Waals surface area contributed by atoms with Crippen LogP contribution in [0.25, 0.3) is 0 Å². The van der Waals surface area contributed by atoms with Crippen molar-refractivity contribution in [1.82, 2.24) is 5.32 Å². The van der Waals surface area contributed by atoms with E-state index in [9.17, 15) is 19.2 Å². The van der Waals surface area contributed by atoms with Crippen molar-refractivity contribution in [3.63, 3.8) is 0 Å². The molecule has 0 bridgehead atoms. The predicted molar refractivity (Wildman–Crippen MR) is 91.3 cm³/mol. The summed E-state index contributed by atoms with van der Waals surface area (Å²) in [6.45, 7) is 3.47. The Morgan fingerprint density at radius 3 is 1.84 bits per heavy atom. The molecular formula is C13H16Cl3NO7S. The number of ether oxygens (including phenoxy) is 3. The average Bonchev–Trinajstić information content (AvgIpc) is 2.42. The molecule has 1 heterocycles. The first kappa shape index (κ1) is 22.1. The van der Waals surface area contributed by atoms with Gasteiger partial charge in [-0.2, -0.15) is 0 Å². The lowest BCUT2D eigenvalue weighted by atomic mass is 10.1. The van der Waals surface area contributed by atoms with Gasteiger partial charge in [-0.05, 0) is 0 Å². The number of carbonyl (C=O) groups is 4. The molecule has 0 saturated carbocycles. The molecule has 1 aliphatic rings. The fraction of sp³-hybridized carbons (Fsp3) is 0.692. The highest BCUT2D eigenvalue weighted by atomic mass is 35.6. The van der Waals surface area contributed by atoms with Gasteiger partial charge in [0, 0.05) is 26.5 Å². The molecule has 1 amide bonds. The highest BCUT2D eigenvalue weighted by Gasteiger charge is 2.48. The van der Waals surface area contributed by atoms with Crippen LogP contribution in [0.2, 0.25) is 0 Å². The van der Waals surface area contributed by atoms with Crippen LogP contribution in [0.5, 0.6) is 0 Å². The van der Waals surface area contributed by atoms with Crippen LogP contribution in [0.1, 0.15) is 20.8 Å².